The third-order valence-electron chi connectivity index (χ3n) is 19.6. The van der Waals surface area contributed by atoms with Crippen LogP contribution >= 0.6 is 57.2 Å². The van der Waals surface area contributed by atoms with E-state index in [-0.39, 0.29) is 143 Å². The molecule has 111 heavy (non-hydrogen) atoms. The molecular formula is C79H98Cl2N14O13S3. The molecule has 3 aliphatic rings. The molecule has 3 aliphatic heterocycles. The molecule has 0 bridgehead atoms. The molecule has 0 saturated carbocycles. The molecule has 5 atom stereocenters. The molecule has 11 rings (SSSR count). The van der Waals surface area contributed by atoms with E-state index in [1.165, 1.54) is 4.90 Å². The second kappa shape index (κ2) is 38.5. The van der Waals surface area contributed by atoms with Crippen molar-refractivity contribution in [2.45, 2.75) is 139 Å². The van der Waals surface area contributed by atoms with Crippen molar-refractivity contribution in [3.8, 4) is 20.4 Å². The first-order valence-corrected chi connectivity index (χ1v) is 40.4. The summed E-state index contributed by atoms with van der Waals surface area (Å²) < 4.78 is 45.5. The zero-order chi connectivity index (χ0) is 79.1. The zero-order valence-electron chi connectivity index (χ0n) is 64.5. The summed E-state index contributed by atoms with van der Waals surface area (Å²) in [7, 11) is 0. The average Bonchev–Trinajstić information content (AvgIpc) is 1.60. The SMILES string of the molecule is Cc1ncsc1-c1ccc(CNC(=O)[C@@H]2C[C@@H](O)CN2C(=O)[C@@H](NC(=O)OCCC(C)(COCCOCCOCCNC(=O)C[C@@H]2N=C(c3ccc(Cl)cc3)c3c(sc(C)c3C)-n3c(C)nnc32)COCCOCCOCCNC(=O)C[C@@H]2N=C(c3ccc(Cl)cc3)c3c(sc(C)c3C)-n3c(C)nnc32)C(C)(C)C)cc1. The lowest BCUT2D eigenvalue weighted by atomic mass is 9.85. The van der Waals surface area contributed by atoms with Gasteiger partial charge >= 0.3 is 6.09 Å². The molecule has 594 valence electrons. The molecule has 1 fully saturated rings. The highest BCUT2D eigenvalue weighted by Crippen LogP contribution is 2.42. The van der Waals surface area contributed by atoms with Gasteiger partial charge in [0.05, 0.1) is 132 Å². The number of nitrogens with zero attached hydrogens (tertiary/aromatic N) is 10. The van der Waals surface area contributed by atoms with Gasteiger partial charge in [0.2, 0.25) is 23.6 Å². The number of halogens is 2. The summed E-state index contributed by atoms with van der Waals surface area (Å²) in [6.07, 6.45) is -1.38. The number of thiophene rings is 2. The Labute approximate surface area is 668 Å². The van der Waals surface area contributed by atoms with Crippen LogP contribution in [0.3, 0.4) is 0 Å². The number of carbonyl (C=O) groups excluding carboxylic acids is 5. The molecule has 8 heterocycles. The van der Waals surface area contributed by atoms with Gasteiger partial charge in [-0.1, -0.05) is 99.4 Å². The molecule has 0 radical (unpaired) electrons. The van der Waals surface area contributed by atoms with Gasteiger partial charge in [0.15, 0.2) is 11.6 Å². The molecule has 5 amide bonds. The van der Waals surface area contributed by atoms with E-state index in [2.05, 4.69) is 74.3 Å². The first-order chi connectivity index (χ1) is 53.2. The van der Waals surface area contributed by atoms with E-state index in [4.69, 9.17) is 66.3 Å². The molecule has 32 heteroatoms. The van der Waals surface area contributed by atoms with Crippen LogP contribution in [0, 0.1) is 59.3 Å². The topological polar surface area (TPSA) is 321 Å². The Morgan fingerprint density at radius 3 is 1.50 bits per heavy atom. The van der Waals surface area contributed by atoms with Crippen LogP contribution in [0.5, 0.6) is 0 Å². The number of carbonyl (C=O) groups is 5. The van der Waals surface area contributed by atoms with Crippen LogP contribution in [0.25, 0.3) is 20.4 Å². The Morgan fingerprint density at radius 2 is 1.05 bits per heavy atom. The number of hydrogen-bond donors (Lipinski definition) is 5. The fourth-order valence-corrected chi connectivity index (χ4v) is 16.8. The number of fused-ring (bicyclic) bond motifs is 6. The van der Waals surface area contributed by atoms with E-state index in [0.29, 0.717) is 39.8 Å². The summed E-state index contributed by atoms with van der Waals surface area (Å²) in [5.41, 5.74) is 10.6. The van der Waals surface area contributed by atoms with Gasteiger partial charge in [0.25, 0.3) is 0 Å². The minimum absolute atomic E-state index is 0.0349. The van der Waals surface area contributed by atoms with Crippen molar-refractivity contribution in [1.82, 2.24) is 60.7 Å². The lowest BCUT2D eigenvalue weighted by Crippen LogP contribution is -2.57. The maximum absolute atomic E-state index is 14.5. The molecule has 27 nitrogen and oxygen atoms in total. The van der Waals surface area contributed by atoms with E-state index in [1.54, 1.807) is 60.3 Å². The van der Waals surface area contributed by atoms with Crippen LogP contribution in [0.2, 0.25) is 10.0 Å². The standard InChI is InChI=1S/C79H98Cl2N14O13S3/c1-46-49(4)110-75-65(46)67(54-16-20-57(80)21-17-54)86-60(71-91-89-51(6)94(71)75)39-63(97)82-25-28-102-30-32-104-34-36-106-43-79(11,24-27-108-77(101)88-70(78(8,9)10)74(100)93-42-59(96)38-62(93)73(99)84-41-53-12-14-56(15-13-53)69-48(3)85-45-109-69)44-107-37-35-105-33-31-103-29-26-83-64(98)40-61-72-92-90-52(7)95(72)76-66(47(2)50(5)111-76)68(87-61)55-18-22-58(81)23-19-55/h12-23,45,59-62,70,96H,24-44H2,1-11H3,(H,82,97)(H,83,98)(H,84,99)(H,88,101)/t59-,60+,61+,62+,70-/m1/s1. The highest BCUT2D eigenvalue weighted by atomic mass is 35.5. The quantitative estimate of drug-likeness (QED) is 0.0226. The minimum Gasteiger partial charge on any atom is -0.450 e. The Kier molecular flexibility index (Phi) is 29.0. The molecule has 0 spiro atoms. The molecule has 5 N–H and O–H groups in total. The number of rotatable bonds is 37. The van der Waals surface area contributed by atoms with Crippen molar-refractivity contribution in [1.29, 1.82) is 0 Å². The number of likely N-dealkylation sites (tertiary alicyclic amines) is 1. The Bertz CT molecular complexity index is 4410. The van der Waals surface area contributed by atoms with Crippen LogP contribution < -0.4 is 21.3 Å². The van der Waals surface area contributed by atoms with Crippen molar-refractivity contribution < 1.29 is 62.2 Å². The molecule has 5 aromatic heterocycles. The summed E-state index contributed by atoms with van der Waals surface area (Å²) in [5, 5.41) is 43.5. The van der Waals surface area contributed by atoms with Crippen molar-refractivity contribution in [3.05, 3.63) is 166 Å². The normalized spacial score (nSPS) is 16.4. The molecule has 8 aromatic rings. The fourth-order valence-electron chi connectivity index (χ4n) is 13.3. The fraction of sp³-hybridized carbons (Fsp3) is 0.494. The third-order valence-corrected chi connectivity index (χ3v) is 23.5. The summed E-state index contributed by atoms with van der Waals surface area (Å²) in [6.45, 7) is 24.9. The lowest BCUT2D eigenvalue weighted by molar-refractivity contribution is -0.142. The third kappa shape index (κ3) is 21.4. The van der Waals surface area contributed by atoms with Gasteiger partial charge in [-0.15, -0.1) is 54.4 Å². The van der Waals surface area contributed by atoms with E-state index < -0.39 is 59.0 Å². The molecule has 3 aromatic carbocycles. The van der Waals surface area contributed by atoms with Gasteiger partial charge in [0, 0.05) is 80.1 Å². The van der Waals surface area contributed by atoms with Gasteiger partial charge in [-0.3, -0.25) is 38.3 Å². The van der Waals surface area contributed by atoms with Crippen LogP contribution in [0.15, 0.2) is 88.3 Å². The van der Waals surface area contributed by atoms with Crippen LogP contribution in [0.4, 0.5) is 4.79 Å². The van der Waals surface area contributed by atoms with Crippen molar-refractivity contribution in [2.24, 2.45) is 20.8 Å². The van der Waals surface area contributed by atoms with Gasteiger partial charge in [-0.2, -0.15) is 0 Å². The van der Waals surface area contributed by atoms with Crippen LogP contribution in [-0.4, -0.2) is 209 Å². The van der Waals surface area contributed by atoms with Crippen molar-refractivity contribution in [3.63, 3.8) is 0 Å². The number of thiazole rings is 1. The van der Waals surface area contributed by atoms with Gasteiger partial charge in [-0.05, 0) is 107 Å². The first kappa shape index (κ1) is 83.7. The first-order valence-electron chi connectivity index (χ1n) is 37.2. The summed E-state index contributed by atoms with van der Waals surface area (Å²) in [6, 6.07) is 19.6. The minimum atomic E-state index is -1.12. The number of amides is 5. The number of aryl methyl sites for hydroxylation is 5. The monoisotopic (exact) mass is 1620 g/mol. The Hall–Kier alpha value is -8.24. The average molecular weight is 1620 g/mol. The van der Waals surface area contributed by atoms with E-state index in [9.17, 15) is 29.1 Å². The Morgan fingerprint density at radius 1 is 0.586 bits per heavy atom. The maximum Gasteiger partial charge on any atom is 0.407 e. The Balaban J connectivity index is 0.622. The lowest BCUT2D eigenvalue weighted by Gasteiger charge is -2.35. The van der Waals surface area contributed by atoms with E-state index in [1.807, 2.05) is 110 Å². The number of aliphatic hydroxyl groups excluding tert-OH is 1. The molecular weight excluding hydrogens is 1520 g/mol. The summed E-state index contributed by atoms with van der Waals surface area (Å²) >= 11 is 17.4. The maximum atomic E-state index is 14.5. The number of aliphatic hydroxyl groups is 1. The summed E-state index contributed by atoms with van der Waals surface area (Å²) in [4.78, 5) is 88.5. The van der Waals surface area contributed by atoms with Crippen LogP contribution in [-0.2, 0) is 58.9 Å². The highest BCUT2D eigenvalue weighted by molar-refractivity contribution is 7.15. The van der Waals surface area contributed by atoms with Gasteiger partial charge in [0.1, 0.15) is 45.8 Å². The number of aromatic nitrogens is 7. The molecule has 0 unspecified atom stereocenters. The molecule has 0 aliphatic carbocycles. The molecule has 1 saturated heterocycles. The zero-order valence-corrected chi connectivity index (χ0v) is 68.5. The van der Waals surface area contributed by atoms with E-state index in [0.717, 1.165) is 86.3 Å². The smallest absolute Gasteiger partial charge is 0.407 e. The predicted molar refractivity (Wildman–Crippen MR) is 427 cm³/mol. The van der Waals surface area contributed by atoms with Crippen molar-refractivity contribution >= 4 is 98.4 Å². The van der Waals surface area contributed by atoms with Crippen molar-refractivity contribution in [2.75, 3.05) is 106 Å². The van der Waals surface area contributed by atoms with Crippen LogP contribution in [0.1, 0.15) is 143 Å². The number of aliphatic imine (C=N–C) groups is 2. The highest BCUT2D eigenvalue weighted by Gasteiger charge is 2.45. The second-order valence-corrected chi connectivity index (χ2v) is 33.3. The van der Waals surface area contributed by atoms with Gasteiger partial charge in [-0.25, -0.2) is 9.78 Å². The number of benzene rings is 3. The number of ether oxygens (including phenoxy) is 7. The number of alkyl carbamates (subject to hydrolysis) is 1. The number of hydrogen-bond acceptors (Lipinski definition) is 23. The number of β-amino-alcohol motifs (C(OH)–C–C–N with tert-alkyl or cyclic N) is 1. The summed E-state index contributed by atoms with van der Waals surface area (Å²) in [5.74, 6) is 1.21. The second-order valence-electron chi connectivity index (χ2n) is 29.2. The predicted octanol–water partition coefficient (Wildman–Crippen LogP) is 11.0. The largest absolute Gasteiger partial charge is 0.450 e. The van der Waals surface area contributed by atoms with Gasteiger partial charge < -0.3 is 64.4 Å². The number of nitrogens with one attached hydrogen (secondary N) is 4. The van der Waals surface area contributed by atoms with E-state index >= 15 is 0 Å².